The Kier molecular flexibility index (Phi) is 8.19. The first-order valence-electron chi connectivity index (χ1n) is 9.84. The second-order valence-corrected chi connectivity index (χ2v) is 7.07. The molecule has 2 amide bonds. The molecule has 0 heterocycles. The van der Waals surface area contributed by atoms with Crippen LogP contribution in [-0.2, 0) is 16.1 Å². The van der Waals surface area contributed by atoms with Crippen LogP contribution >= 0.6 is 0 Å². The average molecular weight is 400 g/mol. The van der Waals surface area contributed by atoms with E-state index in [9.17, 15) is 14.0 Å². The van der Waals surface area contributed by atoms with Gasteiger partial charge in [0, 0.05) is 18.7 Å². The van der Waals surface area contributed by atoms with Crippen molar-refractivity contribution in [1.82, 2.24) is 10.2 Å². The summed E-state index contributed by atoms with van der Waals surface area (Å²) in [6, 6.07) is 11.1. The minimum absolute atomic E-state index is 0.0115. The third kappa shape index (κ3) is 6.04. The van der Waals surface area contributed by atoms with Crippen LogP contribution in [0.5, 0.6) is 5.75 Å². The first kappa shape index (κ1) is 22.4. The molecule has 0 bridgehead atoms. The van der Waals surface area contributed by atoms with Gasteiger partial charge in [0.1, 0.15) is 17.6 Å². The highest BCUT2D eigenvalue weighted by Crippen LogP contribution is 2.21. The second kappa shape index (κ2) is 10.6. The molecule has 5 nitrogen and oxygen atoms in total. The van der Waals surface area contributed by atoms with Crippen molar-refractivity contribution in [2.24, 2.45) is 0 Å². The van der Waals surface area contributed by atoms with Crippen LogP contribution in [0.25, 0.3) is 0 Å². The number of carbonyl (C=O) groups is 2. The van der Waals surface area contributed by atoms with E-state index in [1.165, 1.54) is 11.0 Å². The highest BCUT2D eigenvalue weighted by atomic mass is 19.1. The number of carbonyl (C=O) groups excluding carboxylic acids is 2. The summed E-state index contributed by atoms with van der Waals surface area (Å²) >= 11 is 0. The fraction of sp³-hybridized carbons (Fsp3) is 0.391. The minimum atomic E-state index is -0.754. The van der Waals surface area contributed by atoms with E-state index in [4.69, 9.17) is 4.74 Å². The van der Waals surface area contributed by atoms with Crippen molar-refractivity contribution in [1.29, 1.82) is 0 Å². The fourth-order valence-corrected chi connectivity index (χ4v) is 2.89. The van der Waals surface area contributed by atoms with Gasteiger partial charge in [-0.05, 0) is 50.5 Å². The van der Waals surface area contributed by atoms with Gasteiger partial charge < -0.3 is 15.0 Å². The van der Waals surface area contributed by atoms with Gasteiger partial charge in [-0.1, -0.05) is 37.3 Å². The number of aryl methyl sites for hydroxylation is 1. The molecule has 156 valence electrons. The summed E-state index contributed by atoms with van der Waals surface area (Å²) in [5, 5.41) is 2.79. The monoisotopic (exact) mass is 400 g/mol. The van der Waals surface area contributed by atoms with E-state index in [1.54, 1.807) is 31.2 Å². The van der Waals surface area contributed by atoms with Crippen molar-refractivity contribution in [2.45, 2.75) is 46.7 Å². The number of nitrogens with zero attached hydrogens (tertiary/aromatic N) is 1. The van der Waals surface area contributed by atoms with Crippen LogP contribution in [0, 0.1) is 19.7 Å². The Morgan fingerprint density at radius 1 is 1.14 bits per heavy atom. The molecule has 0 aliphatic carbocycles. The van der Waals surface area contributed by atoms with E-state index in [0.717, 1.165) is 17.5 Å². The van der Waals surface area contributed by atoms with Crippen molar-refractivity contribution >= 4 is 11.8 Å². The Balaban J connectivity index is 2.18. The fourth-order valence-electron chi connectivity index (χ4n) is 2.89. The van der Waals surface area contributed by atoms with Crippen LogP contribution in [0.2, 0.25) is 0 Å². The molecule has 1 atom stereocenters. The lowest BCUT2D eigenvalue weighted by molar-refractivity contribution is -0.142. The summed E-state index contributed by atoms with van der Waals surface area (Å²) in [6.07, 6.45) is 0.787. The predicted molar refractivity (Wildman–Crippen MR) is 111 cm³/mol. The highest BCUT2D eigenvalue weighted by Gasteiger charge is 2.27. The van der Waals surface area contributed by atoms with Crippen LogP contribution in [-0.4, -0.2) is 35.9 Å². The molecule has 0 spiro atoms. The Bertz CT molecular complexity index is 854. The Morgan fingerprint density at radius 3 is 2.55 bits per heavy atom. The van der Waals surface area contributed by atoms with Gasteiger partial charge in [-0.2, -0.15) is 0 Å². The van der Waals surface area contributed by atoms with Crippen molar-refractivity contribution in [3.63, 3.8) is 0 Å². The standard InChI is InChI=1S/C23H29FN2O3/c1-5-13-25-23(28)18(4)26(14-19-10-6-7-11-20(19)24)22(27)15-29-21-12-8-9-16(2)17(21)3/h6-12,18H,5,13-15H2,1-4H3,(H,25,28)/t18-/m0/s1. The maximum atomic E-state index is 14.2. The summed E-state index contributed by atoms with van der Waals surface area (Å²) < 4.78 is 19.9. The third-order valence-corrected chi connectivity index (χ3v) is 4.92. The van der Waals surface area contributed by atoms with Gasteiger partial charge in [-0.3, -0.25) is 9.59 Å². The molecule has 2 aromatic carbocycles. The molecule has 0 aliphatic rings. The number of halogens is 1. The lowest BCUT2D eigenvalue weighted by Gasteiger charge is -2.29. The van der Waals surface area contributed by atoms with E-state index >= 15 is 0 Å². The van der Waals surface area contributed by atoms with E-state index in [2.05, 4.69) is 5.32 Å². The molecular weight excluding hydrogens is 371 g/mol. The molecule has 0 aliphatic heterocycles. The Hall–Kier alpha value is -2.89. The van der Waals surface area contributed by atoms with E-state index in [-0.39, 0.29) is 25.0 Å². The summed E-state index contributed by atoms with van der Waals surface area (Å²) in [5.41, 5.74) is 2.36. The largest absolute Gasteiger partial charge is 0.483 e. The lowest BCUT2D eigenvalue weighted by atomic mass is 10.1. The normalized spacial score (nSPS) is 11.6. The van der Waals surface area contributed by atoms with Gasteiger partial charge in [0.05, 0.1) is 0 Å². The number of hydrogen-bond acceptors (Lipinski definition) is 3. The van der Waals surface area contributed by atoms with Gasteiger partial charge in [-0.25, -0.2) is 4.39 Å². The van der Waals surface area contributed by atoms with Gasteiger partial charge in [0.2, 0.25) is 5.91 Å². The SMILES string of the molecule is CCCNC(=O)[C@H](C)N(Cc1ccccc1F)C(=O)COc1cccc(C)c1C. The zero-order chi connectivity index (χ0) is 21.4. The van der Waals surface area contributed by atoms with Gasteiger partial charge in [-0.15, -0.1) is 0 Å². The van der Waals surface area contributed by atoms with Crippen LogP contribution in [0.4, 0.5) is 4.39 Å². The first-order chi connectivity index (χ1) is 13.8. The predicted octanol–water partition coefficient (Wildman–Crippen LogP) is 3.76. The topological polar surface area (TPSA) is 58.6 Å². The van der Waals surface area contributed by atoms with E-state index in [1.807, 2.05) is 32.9 Å². The summed E-state index contributed by atoms with van der Waals surface area (Å²) in [7, 11) is 0. The van der Waals surface area contributed by atoms with Gasteiger partial charge in [0.25, 0.3) is 5.91 Å². The number of hydrogen-bond donors (Lipinski definition) is 1. The molecule has 0 aromatic heterocycles. The van der Waals surface area contributed by atoms with E-state index < -0.39 is 11.9 Å². The first-order valence-corrected chi connectivity index (χ1v) is 9.84. The van der Waals surface area contributed by atoms with Crippen LogP contribution in [0.15, 0.2) is 42.5 Å². The minimum Gasteiger partial charge on any atom is -0.483 e. The number of nitrogens with one attached hydrogen (secondary N) is 1. The van der Waals surface area contributed by atoms with Crippen molar-refractivity contribution < 1.29 is 18.7 Å². The highest BCUT2D eigenvalue weighted by molar-refractivity contribution is 5.88. The maximum absolute atomic E-state index is 14.2. The van der Waals surface area contributed by atoms with Crippen molar-refractivity contribution in [3.05, 3.63) is 65.0 Å². The molecule has 0 fully saturated rings. The summed E-state index contributed by atoms with van der Waals surface area (Å²) in [4.78, 5) is 26.8. The summed E-state index contributed by atoms with van der Waals surface area (Å²) in [6.45, 7) is 7.75. The number of ether oxygens (including phenoxy) is 1. The smallest absolute Gasteiger partial charge is 0.261 e. The number of benzene rings is 2. The van der Waals surface area contributed by atoms with Gasteiger partial charge >= 0.3 is 0 Å². The molecule has 0 unspecified atom stereocenters. The number of rotatable bonds is 9. The average Bonchev–Trinajstić information content (AvgIpc) is 2.71. The van der Waals surface area contributed by atoms with Crippen molar-refractivity contribution in [2.75, 3.05) is 13.2 Å². The molecular formula is C23H29FN2O3. The van der Waals surface area contributed by atoms with Crippen LogP contribution in [0.1, 0.15) is 37.0 Å². The zero-order valence-corrected chi connectivity index (χ0v) is 17.5. The Labute approximate surface area is 171 Å². The van der Waals surface area contributed by atoms with Gasteiger partial charge in [0.15, 0.2) is 6.61 Å². The Morgan fingerprint density at radius 2 is 1.86 bits per heavy atom. The molecule has 6 heteroatoms. The molecule has 1 N–H and O–H groups in total. The molecule has 29 heavy (non-hydrogen) atoms. The molecule has 2 aromatic rings. The van der Waals surface area contributed by atoms with E-state index in [0.29, 0.717) is 17.9 Å². The molecule has 0 saturated carbocycles. The maximum Gasteiger partial charge on any atom is 0.261 e. The summed E-state index contributed by atoms with van der Waals surface area (Å²) in [5.74, 6) is -0.453. The van der Waals surface area contributed by atoms with Crippen molar-refractivity contribution in [3.8, 4) is 5.75 Å². The number of amides is 2. The molecule has 2 rings (SSSR count). The van der Waals surface area contributed by atoms with Crippen LogP contribution < -0.4 is 10.1 Å². The lowest BCUT2D eigenvalue weighted by Crippen LogP contribution is -2.49. The molecule has 0 saturated heterocycles. The third-order valence-electron chi connectivity index (χ3n) is 4.92. The quantitative estimate of drug-likeness (QED) is 0.697. The molecule has 0 radical (unpaired) electrons. The second-order valence-electron chi connectivity index (χ2n) is 7.07. The zero-order valence-electron chi connectivity index (χ0n) is 17.5. The van der Waals surface area contributed by atoms with Crippen LogP contribution in [0.3, 0.4) is 0 Å².